The number of aliphatic hydroxyl groups excluding tert-OH is 2. The Bertz CT molecular complexity index is 354. The molecule has 0 radical (unpaired) electrons. The quantitative estimate of drug-likeness (QED) is 0.706. The van der Waals surface area contributed by atoms with E-state index in [0.29, 0.717) is 6.42 Å². The summed E-state index contributed by atoms with van der Waals surface area (Å²) < 4.78 is 0. The fourth-order valence-corrected chi connectivity index (χ4v) is 1.99. The molecule has 0 saturated carbocycles. The second-order valence-electron chi connectivity index (χ2n) is 3.73. The first kappa shape index (κ1) is 9.44. The lowest BCUT2D eigenvalue weighted by atomic mass is 10.0. The van der Waals surface area contributed by atoms with Crippen molar-refractivity contribution in [3.63, 3.8) is 0 Å². The van der Waals surface area contributed by atoms with Gasteiger partial charge < -0.3 is 10.2 Å². The third kappa shape index (κ3) is 1.47. The lowest BCUT2D eigenvalue weighted by Crippen LogP contribution is -2.08. The van der Waals surface area contributed by atoms with Crippen molar-refractivity contribution >= 4 is 5.57 Å². The van der Waals surface area contributed by atoms with E-state index in [0.717, 1.165) is 16.7 Å². The number of aliphatic hydroxyl groups is 2. The van der Waals surface area contributed by atoms with Crippen molar-refractivity contribution in [2.24, 2.45) is 0 Å². The SMILES string of the molecule is CC1=C(c2ccccc2)C(O)CC1O. The molecule has 0 bridgehead atoms. The lowest BCUT2D eigenvalue weighted by molar-refractivity contribution is 0.150. The summed E-state index contributed by atoms with van der Waals surface area (Å²) in [6.45, 7) is 1.88. The van der Waals surface area contributed by atoms with Crippen molar-refractivity contribution in [2.75, 3.05) is 0 Å². The third-order valence-electron chi connectivity index (χ3n) is 2.79. The van der Waals surface area contributed by atoms with Gasteiger partial charge in [0.1, 0.15) is 0 Å². The minimum atomic E-state index is -0.521. The normalized spacial score (nSPS) is 27.1. The highest BCUT2D eigenvalue weighted by molar-refractivity contribution is 5.74. The van der Waals surface area contributed by atoms with E-state index in [9.17, 15) is 10.2 Å². The number of benzene rings is 1. The van der Waals surface area contributed by atoms with Gasteiger partial charge in [-0.2, -0.15) is 0 Å². The van der Waals surface area contributed by atoms with Crippen LogP contribution in [0, 0.1) is 0 Å². The number of rotatable bonds is 1. The van der Waals surface area contributed by atoms with E-state index >= 15 is 0 Å². The van der Waals surface area contributed by atoms with Crippen LogP contribution in [0.1, 0.15) is 18.9 Å². The van der Waals surface area contributed by atoms with Gasteiger partial charge in [0.05, 0.1) is 12.2 Å². The number of hydrogen-bond acceptors (Lipinski definition) is 2. The maximum absolute atomic E-state index is 9.77. The highest BCUT2D eigenvalue weighted by Gasteiger charge is 2.28. The predicted octanol–water partition coefficient (Wildman–Crippen LogP) is 1.59. The van der Waals surface area contributed by atoms with Gasteiger partial charge in [-0.05, 0) is 23.6 Å². The van der Waals surface area contributed by atoms with Crippen molar-refractivity contribution < 1.29 is 10.2 Å². The molecule has 0 fully saturated rings. The van der Waals surface area contributed by atoms with Crippen molar-refractivity contribution in [1.29, 1.82) is 0 Å². The molecular weight excluding hydrogens is 176 g/mol. The molecule has 1 aliphatic carbocycles. The molecule has 2 N–H and O–H groups in total. The van der Waals surface area contributed by atoms with Gasteiger partial charge in [-0.3, -0.25) is 0 Å². The summed E-state index contributed by atoms with van der Waals surface area (Å²) >= 11 is 0. The van der Waals surface area contributed by atoms with E-state index in [4.69, 9.17) is 0 Å². The van der Waals surface area contributed by atoms with Gasteiger partial charge in [-0.15, -0.1) is 0 Å². The van der Waals surface area contributed by atoms with Crippen LogP contribution in [0.2, 0.25) is 0 Å². The van der Waals surface area contributed by atoms with E-state index in [1.807, 2.05) is 37.3 Å². The maximum atomic E-state index is 9.77. The molecule has 0 aromatic heterocycles. The third-order valence-corrected chi connectivity index (χ3v) is 2.79. The van der Waals surface area contributed by atoms with Gasteiger partial charge in [-0.1, -0.05) is 30.3 Å². The molecular formula is C12H14O2. The van der Waals surface area contributed by atoms with E-state index in [1.54, 1.807) is 0 Å². The van der Waals surface area contributed by atoms with Crippen molar-refractivity contribution in [3.8, 4) is 0 Å². The highest BCUT2D eigenvalue weighted by atomic mass is 16.3. The van der Waals surface area contributed by atoms with E-state index in [1.165, 1.54) is 0 Å². The maximum Gasteiger partial charge on any atom is 0.0824 e. The first-order valence-corrected chi connectivity index (χ1v) is 4.82. The Morgan fingerprint density at radius 3 is 2.21 bits per heavy atom. The van der Waals surface area contributed by atoms with Crippen LogP contribution in [0.3, 0.4) is 0 Å². The van der Waals surface area contributed by atoms with E-state index in [2.05, 4.69) is 0 Å². The molecule has 0 aliphatic heterocycles. The van der Waals surface area contributed by atoms with Gasteiger partial charge in [0, 0.05) is 6.42 Å². The smallest absolute Gasteiger partial charge is 0.0824 e. The Balaban J connectivity index is 2.44. The van der Waals surface area contributed by atoms with Crippen LogP contribution in [0.5, 0.6) is 0 Å². The van der Waals surface area contributed by atoms with Gasteiger partial charge in [-0.25, -0.2) is 0 Å². The summed E-state index contributed by atoms with van der Waals surface area (Å²) in [7, 11) is 0. The van der Waals surface area contributed by atoms with Crippen LogP contribution in [-0.2, 0) is 0 Å². The Kier molecular flexibility index (Phi) is 2.40. The second kappa shape index (κ2) is 3.56. The molecule has 2 rings (SSSR count). The summed E-state index contributed by atoms with van der Waals surface area (Å²) in [4.78, 5) is 0. The fourth-order valence-electron chi connectivity index (χ4n) is 1.99. The minimum Gasteiger partial charge on any atom is -0.389 e. The van der Waals surface area contributed by atoms with Crippen LogP contribution < -0.4 is 0 Å². The van der Waals surface area contributed by atoms with Crippen LogP contribution in [-0.4, -0.2) is 22.4 Å². The zero-order valence-electron chi connectivity index (χ0n) is 8.14. The van der Waals surface area contributed by atoms with Gasteiger partial charge in [0.15, 0.2) is 0 Å². The van der Waals surface area contributed by atoms with Crippen molar-refractivity contribution in [3.05, 3.63) is 41.5 Å². The van der Waals surface area contributed by atoms with Crippen molar-refractivity contribution in [1.82, 2.24) is 0 Å². The van der Waals surface area contributed by atoms with Gasteiger partial charge in [0.2, 0.25) is 0 Å². The largest absolute Gasteiger partial charge is 0.389 e. The van der Waals surface area contributed by atoms with Crippen LogP contribution in [0.25, 0.3) is 5.57 Å². The topological polar surface area (TPSA) is 40.5 Å². The van der Waals surface area contributed by atoms with Crippen LogP contribution in [0.15, 0.2) is 35.9 Å². The molecule has 14 heavy (non-hydrogen) atoms. The van der Waals surface area contributed by atoms with Crippen LogP contribution >= 0.6 is 0 Å². The first-order valence-electron chi connectivity index (χ1n) is 4.82. The Morgan fingerprint density at radius 1 is 1.07 bits per heavy atom. The van der Waals surface area contributed by atoms with Gasteiger partial charge >= 0.3 is 0 Å². The molecule has 0 saturated heterocycles. The average Bonchev–Trinajstić information content (AvgIpc) is 2.43. The monoisotopic (exact) mass is 190 g/mol. The molecule has 74 valence electrons. The van der Waals surface area contributed by atoms with Gasteiger partial charge in [0.25, 0.3) is 0 Å². The zero-order valence-corrected chi connectivity index (χ0v) is 8.14. The molecule has 0 spiro atoms. The average molecular weight is 190 g/mol. The summed E-state index contributed by atoms with van der Waals surface area (Å²) in [6.07, 6.45) is -0.580. The standard InChI is InChI=1S/C12H14O2/c1-8-10(13)7-11(14)12(8)9-5-3-2-4-6-9/h2-6,10-11,13-14H,7H2,1H3. The summed E-state index contributed by atoms with van der Waals surface area (Å²) in [6, 6.07) is 9.73. The summed E-state index contributed by atoms with van der Waals surface area (Å²) in [5, 5.41) is 19.3. The molecule has 1 aromatic rings. The molecule has 2 unspecified atom stereocenters. The molecule has 0 amide bonds. The molecule has 2 nitrogen and oxygen atoms in total. The van der Waals surface area contributed by atoms with E-state index in [-0.39, 0.29) is 0 Å². The lowest BCUT2D eigenvalue weighted by Gasteiger charge is -2.08. The fraction of sp³-hybridized carbons (Fsp3) is 0.333. The highest BCUT2D eigenvalue weighted by Crippen LogP contribution is 2.33. The molecule has 2 atom stereocenters. The molecule has 0 heterocycles. The molecule has 1 aromatic carbocycles. The molecule has 1 aliphatic rings. The number of hydrogen-bond donors (Lipinski definition) is 2. The minimum absolute atomic E-state index is 0.427. The predicted molar refractivity (Wildman–Crippen MR) is 55.7 cm³/mol. The van der Waals surface area contributed by atoms with E-state index < -0.39 is 12.2 Å². The Morgan fingerprint density at radius 2 is 1.71 bits per heavy atom. The Hall–Kier alpha value is -1.12. The molecule has 2 heteroatoms. The van der Waals surface area contributed by atoms with Crippen LogP contribution in [0.4, 0.5) is 0 Å². The summed E-state index contributed by atoms with van der Waals surface area (Å²) in [5.74, 6) is 0. The zero-order chi connectivity index (χ0) is 10.1. The Labute approximate surface area is 83.5 Å². The second-order valence-corrected chi connectivity index (χ2v) is 3.73. The summed E-state index contributed by atoms with van der Waals surface area (Å²) in [5.41, 5.74) is 2.79. The van der Waals surface area contributed by atoms with Crippen molar-refractivity contribution in [2.45, 2.75) is 25.6 Å². The first-order chi connectivity index (χ1) is 6.70.